The van der Waals surface area contributed by atoms with Gasteiger partial charge in [-0.3, -0.25) is 0 Å². The van der Waals surface area contributed by atoms with Crippen molar-refractivity contribution in [3.05, 3.63) is 59.2 Å². The van der Waals surface area contributed by atoms with Crippen molar-refractivity contribution in [2.24, 2.45) is 0 Å². The van der Waals surface area contributed by atoms with Crippen LogP contribution in [0, 0.1) is 18.6 Å². The van der Waals surface area contributed by atoms with Crippen LogP contribution in [0.3, 0.4) is 0 Å². The van der Waals surface area contributed by atoms with E-state index in [-0.39, 0.29) is 23.2 Å². The van der Waals surface area contributed by atoms with Gasteiger partial charge in [-0.2, -0.15) is 0 Å². The summed E-state index contributed by atoms with van der Waals surface area (Å²) in [5.74, 6) is 0.323. The predicted octanol–water partition coefficient (Wildman–Crippen LogP) is 6.22. The molecule has 0 spiro atoms. The molecule has 0 radical (unpaired) electrons. The highest BCUT2D eigenvalue weighted by molar-refractivity contribution is 15.0. The molecule has 178 valence electrons. The van der Waals surface area contributed by atoms with Crippen molar-refractivity contribution < 1.29 is 8.78 Å². The summed E-state index contributed by atoms with van der Waals surface area (Å²) in [7, 11) is 0. The van der Waals surface area contributed by atoms with Gasteiger partial charge in [0.25, 0.3) is 0 Å². The molecule has 0 unspecified atom stereocenters. The second-order valence-corrected chi connectivity index (χ2v) is 8.19. The first-order chi connectivity index (χ1) is 16.4. The van der Waals surface area contributed by atoms with E-state index in [1.807, 2.05) is 37.5 Å². The van der Waals surface area contributed by atoms with Crippen molar-refractivity contribution in [2.45, 2.75) is 39.8 Å². The summed E-state index contributed by atoms with van der Waals surface area (Å²) in [6, 6.07) is 6.90. The average Bonchev–Trinajstić information content (AvgIpc) is 3.18. The van der Waals surface area contributed by atoms with Gasteiger partial charge in [-0.15, -0.1) is 0 Å². The quantitative estimate of drug-likeness (QED) is 0.248. The van der Waals surface area contributed by atoms with Crippen LogP contribution in [0.15, 0.2) is 30.5 Å². The lowest BCUT2D eigenvalue weighted by Gasteiger charge is -2.17. The molecule has 1 aromatic carbocycles. The Hall–Kier alpha value is -2.00. The maximum atomic E-state index is 14.9. The molecule has 4 aromatic rings. The van der Waals surface area contributed by atoms with Crippen molar-refractivity contribution in [1.82, 2.24) is 29.8 Å². The van der Waals surface area contributed by atoms with E-state index in [9.17, 15) is 8.78 Å². The minimum absolute atomic E-state index is 0.0135. The Kier molecular flexibility index (Phi) is 7.92. The molecule has 5 rings (SSSR count). The Morgan fingerprint density at radius 1 is 1.09 bits per heavy atom. The Labute approximate surface area is 219 Å². The number of fused-ring (bicyclic) bond motifs is 2. The SMILES string of the molecule is Cc1nc2c(F)cc(-c3nc(Nc4ccc5c(n4)CCNC5)ncc3F)cc2n1C(C)C.II. The van der Waals surface area contributed by atoms with Gasteiger partial charge in [-0.1, -0.05) is 6.07 Å². The second-order valence-electron chi connectivity index (χ2n) is 8.19. The topological polar surface area (TPSA) is 80.6 Å². The zero-order chi connectivity index (χ0) is 24.4. The number of anilines is 2. The number of aromatic nitrogens is 5. The van der Waals surface area contributed by atoms with Crippen LogP contribution in [0.2, 0.25) is 0 Å². The summed E-state index contributed by atoms with van der Waals surface area (Å²) in [5, 5.41) is 6.35. The molecule has 7 nitrogen and oxygen atoms in total. The van der Waals surface area contributed by atoms with Crippen LogP contribution < -0.4 is 10.6 Å². The first kappa shape index (κ1) is 25.1. The number of imidazole rings is 1. The summed E-state index contributed by atoms with van der Waals surface area (Å²) in [6.45, 7) is 7.48. The summed E-state index contributed by atoms with van der Waals surface area (Å²) >= 11 is 4.24. The normalized spacial score (nSPS) is 12.9. The van der Waals surface area contributed by atoms with Gasteiger partial charge in [0.1, 0.15) is 22.9 Å². The first-order valence-corrected chi connectivity index (χ1v) is 17.0. The van der Waals surface area contributed by atoms with E-state index in [2.05, 4.69) is 67.8 Å². The Balaban J connectivity index is 0.00000133. The molecule has 2 N–H and O–H groups in total. The predicted molar refractivity (Wildman–Crippen MR) is 147 cm³/mol. The molecule has 0 aliphatic carbocycles. The maximum absolute atomic E-state index is 14.9. The van der Waals surface area contributed by atoms with Crippen molar-refractivity contribution in [3.8, 4) is 11.3 Å². The molecular formula is C23H23F2I2N7. The Morgan fingerprint density at radius 2 is 1.88 bits per heavy atom. The second kappa shape index (κ2) is 10.7. The molecule has 4 heterocycles. The van der Waals surface area contributed by atoms with Gasteiger partial charge in [0.2, 0.25) is 5.95 Å². The van der Waals surface area contributed by atoms with Gasteiger partial charge in [0.15, 0.2) is 11.6 Å². The van der Waals surface area contributed by atoms with E-state index in [0.717, 1.165) is 37.0 Å². The van der Waals surface area contributed by atoms with Crippen molar-refractivity contribution in [3.63, 3.8) is 0 Å². The van der Waals surface area contributed by atoms with Crippen LogP contribution in [0.1, 0.15) is 37.0 Å². The number of hydrogen-bond acceptors (Lipinski definition) is 6. The lowest BCUT2D eigenvalue weighted by molar-refractivity contribution is 0.600. The molecule has 0 amide bonds. The number of hydrogen-bond donors (Lipinski definition) is 2. The van der Waals surface area contributed by atoms with Gasteiger partial charge < -0.3 is 15.2 Å². The van der Waals surface area contributed by atoms with Crippen LogP contribution in [0.25, 0.3) is 22.3 Å². The van der Waals surface area contributed by atoms with E-state index in [0.29, 0.717) is 22.7 Å². The smallest absolute Gasteiger partial charge is 0.229 e. The van der Waals surface area contributed by atoms with Gasteiger partial charge in [0.05, 0.1) is 11.7 Å². The minimum Gasteiger partial charge on any atom is -0.326 e. The molecule has 11 heteroatoms. The zero-order valence-electron chi connectivity index (χ0n) is 18.8. The number of nitrogens with zero attached hydrogens (tertiary/aromatic N) is 5. The summed E-state index contributed by atoms with van der Waals surface area (Å²) < 4.78 is 31.5. The molecule has 0 atom stereocenters. The van der Waals surface area contributed by atoms with Gasteiger partial charge in [0, 0.05) is 74.0 Å². The lowest BCUT2D eigenvalue weighted by Crippen LogP contribution is -2.24. The van der Waals surface area contributed by atoms with Crippen LogP contribution in [0.4, 0.5) is 20.5 Å². The van der Waals surface area contributed by atoms with E-state index in [1.165, 1.54) is 6.07 Å². The van der Waals surface area contributed by atoms with Gasteiger partial charge >= 0.3 is 0 Å². The third-order valence-corrected chi connectivity index (χ3v) is 5.62. The van der Waals surface area contributed by atoms with Crippen LogP contribution >= 0.6 is 37.2 Å². The molecule has 34 heavy (non-hydrogen) atoms. The maximum Gasteiger partial charge on any atom is 0.229 e. The fraction of sp³-hybridized carbons (Fsp3) is 0.304. The third-order valence-electron chi connectivity index (χ3n) is 5.62. The zero-order valence-corrected chi connectivity index (χ0v) is 23.1. The van der Waals surface area contributed by atoms with Crippen molar-refractivity contribution >= 4 is 60.0 Å². The number of nitrogens with one attached hydrogen (secondary N) is 2. The lowest BCUT2D eigenvalue weighted by atomic mass is 10.1. The first-order valence-electron chi connectivity index (χ1n) is 10.7. The number of rotatable bonds is 4. The summed E-state index contributed by atoms with van der Waals surface area (Å²) in [5.41, 5.74) is 3.37. The molecule has 0 bridgehead atoms. The molecule has 0 saturated heterocycles. The van der Waals surface area contributed by atoms with E-state index in [4.69, 9.17) is 0 Å². The highest BCUT2D eigenvalue weighted by Crippen LogP contribution is 2.30. The highest BCUT2D eigenvalue weighted by atomic mass is 128. The number of benzene rings is 1. The Morgan fingerprint density at radius 3 is 2.65 bits per heavy atom. The molecular weight excluding hydrogens is 666 g/mol. The number of halogens is 4. The van der Waals surface area contributed by atoms with Crippen molar-refractivity contribution in [2.75, 3.05) is 11.9 Å². The summed E-state index contributed by atoms with van der Waals surface area (Å²) in [6.07, 6.45) is 1.92. The monoisotopic (exact) mass is 689 g/mol. The summed E-state index contributed by atoms with van der Waals surface area (Å²) in [4.78, 5) is 17.3. The number of aryl methyl sites for hydroxylation is 1. The standard InChI is InChI=1S/C23H23F2N7.I2/c1-12(2)32-13(3)28-22-16(24)8-15(9-19(22)32)21-17(25)11-27-23(31-21)30-20-5-4-14-10-26-7-6-18(14)29-20;1-2/h4-5,8-9,11-12,26H,6-7,10H2,1-3H3,(H,27,29,30,31);. The minimum atomic E-state index is -0.633. The van der Waals surface area contributed by atoms with Crippen LogP contribution in [0.5, 0.6) is 0 Å². The molecule has 0 fully saturated rings. The van der Waals surface area contributed by atoms with Crippen LogP contribution in [-0.2, 0) is 13.0 Å². The van der Waals surface area contributed by atoms with E-state index >= 15 is 0 Å². The molecule has 3 aromatic heterocycles. The average molecular weight is 689 g/mol. The van der Waals surface area contributed by atoms with Gasteiger partial charge in [-0.25, -0.2) is 28.7 Å². The fourth-order valence-corrected chi connectivity index (χ4v) is 4.21. The molecule has 1 aliphatic rings. The molecule has 1 aliphatic heterocycles. The highest BCUT2D eigenvalue weighted by Gasteiger charge is 2.19. The van der Waals surface area contributed by atoms with Crippen molar-refractivity contribution in [1.29, 1.82) is 0 Å². The third kappa shape index (κ3) is 5.00. The number of pyridine rings is 1. The fourth-order valence-electron chi connectivity index (χ4n) is 4.21. The Bertz CT molecular complexity index is 1340. The van der Waals surface area contributed by atoms with E-state index in [1.54, 1.807) is 6.07 Å². The largest absolute Gasteiger partial charge is 0.326 e. The van der Waals surface area contributed by atoms with Crippen LogP contribution in [-0.4, -0.2) is 31.0 Å². The molecule has 0 saturated carbocycles. The van der Waals surface area contributed by atoms with E-state index < -0.39 is 11.6 Å². The van der Waals surface area contributed by atoms with Gasteiger partial charge in [-0.05, 0) is 44.5 Å².